The summed E-state index contributed by atoms with van der Waals surface area (Å²) in [6.45, 7) is 0. The van der Waals surface area contributed by atoms with Crippen LogP contribution in [0, 0.1) is 0 Å². The smallest absolute Gasteiger partial charge is 0.348 e. The number of halogens is 4. The third kappa shape index (κ3) is 2.38. The summed E-state index contributed by atoms with van der Waals surface area (Å²) in [6, 6.07) is 5.10. The third-order valence-corrected chi connectivity index (χ3v) is 4.53. The Kier molecular flexibility index (Phi) is 3.80. The van der Waals surface area contributed by atoms with E-state index < -0.39 is 5.63 Å². The molecule has 0 unspecified atom stereocenters. The Bertz CT molecular complexity index is 910. The van der Waals surface area contributed by atoms with Crippen LogP contribution in [-0.4, -0.2) is 9.97 Å². The second-order valence-corrected chi connectivity index (χ2v) is 5.51. The zero-order valence-corrected chi connectivity index (χ0v) is 13.1. The second kappa shape index (κ2) is 5.46. The molecule has 0 saturated carbocycles. The van der Waals surface area contributed by atoms with Gasteiger partial charge in [-0.2, -0.15) is 0 Å². The highest BCUT2D eigenvalue weighted by molar-refractivity contribution is 6.55. The Morgan fingerprint density at radius 2 is 1.67 bits per heavy atom. The summed E-state index contributed by atoms with van der Waals surface area (Å²) < 4.78 is 5.13. The number of benzene rings is 1. The number of hydrogen-bond acceptors (Lipinski definition) is 4. The highest BCUT2D eigenvalue weighted by Crippen LogP contribution is 2.41. The van der Waals surface area contributed by atoms with Gasteiger partial charge in [-0.1, -0.05) is 52.5 Å². The molecule has 0 aliphatic carbocycles. The van der Waals surface area contributed by atoms with Gasteiger partial charge in [0.15, 0.2) is 0 Å². The predicted octanol–water partition coefficient (Wildman–Crippen LogP) is 4.86. The minimum absolute atomic E-state index is 0.0178. The van der Waals surface area contributed by atoms with Crippen molar-refractivity contribution in [3.63, 3.8) is 0 Å². The summed E-state index contributed by atoms with van der Waals surface area (Å²) in [6.07, 6.45) is 1.55. The first-order chi connectivity index (χ1) is 10.0. The van der Waals surface area contributed by atoms with Crippen molar-refractivity contribution in [1.29, 1.82) is 0 Å². The molecule has 0 amide bonds. The summed E-state index contributed by atoms with van der Waals surface area (Å²) in [7, 11) is 0. The molecule has 2 aromatic heterocycles. The van der Waals surface area contributed by atoms with Crippen LogP contribution in [0.15, 0.2) is 33.6 Å². The Morgan fingerprint density at radius 3 is 2.33 bits per heavy atom. The average molecular weight is 362 g/mol. The molecule has 0 aliphatic heterocycles. The number of pyridine rings is 1. The Hall–Kier alpha value is -1.33. The molecule has 21 heavy (non-hydrogen) atoms. The van der Waals surface area contributed by atoms with Crippen molar-refractivity contribution in [2.45, 2.75) is 0 Å². The summed E-state index contributed by atoms with van der Waals surface area (Å²) in [5.41, 5.74) is -0.214. The van der Waals surface area contributed by atoms with Crippen molar-refractivity contribution in [1.82, 2.24) is 9.97 Å². The third-order valence-electron chi connectivity index (χ3n) is 2.73. The molecule has 0 saturated heterocycles. The monoisotopic (exact) mass is 360 g/mol. The average Bonchev–Trinajstić information content (AvgIpc) is 2.51. The molecule has 0 bridgehead atoms. The molecule has 3 rings (SSSR count). The van der Waals surface area contributed by atoms with Gasteiger partial charge in [0.1, 0.15) is 16.6 Å². The predicted molar refractivity (Wildman–Crippen MR) is 83.6 cm³/mol. The SMILES string of the molecule is O=c1oc(-c2ccccn2)nc2c(Cl)c(Cl)c(Cl)c(Cl)c12. The van der Waals surface area contributed by atoms with E-state index in [1.165, 1.54) is 0 Å². The van der Waals surface area contributed by atoms with E-state index in [4.69, 9.17) is 50.8 Å². The lowest BCUT2D eigenvalue weighted by Crippen LogP contribution is -2.05. The van der Waals surface area contributed by atoms with Crippen molar-refractivity contribution in [3.8, 4) is 11.6 Å². The van der Waals surface area contributed by atoms with Gasteiger partial charge in [-0.15, -0.1) is 0 Å². The molecule has 1 aromatic carbocycles. The maximum absolute atomic E-state index is 12.1. The van der Waals surface area contributed by atoms with Crippen molar-refractivity contribution < 1.29 is 4.42 Å². The van der Waals surface area contributed by atoms with Crippen LogP contribution in [0.4, 0.5) is 0 Å². The van der Waals surface area contributed by atoms with Crippen molar-refractivity contribution >= 4 is 57.3 Å². The molecule has 3 aromatic rings. The fourth-order valence-corrected chi connectivity index (χ4v) is 2.74. The van der Waals surface area contributed by atoms with Crippen molar-refractivity contribution in [2.75, 3.05) is 0 Å². The van der Waals surface area contributed by atoms with E-state index in [-0.39, 0.29) is 36.9 Å². The number of rotatable bonds is 1. The maximum atomic E-state index is 12.1. The zero-order chi connectivity index (χ0) is 15.1. The first-order valence-electron chi connectivity index (χ1n) is 5.59. The van der Waals surface area contributed by atoms with Gasteiger partial charge in [-0.25, -0.2) is 9.78 Å². The van der Waals surface area contributed by atoms with Crippen LogP contribution < -0.4 is 5.63 Å². The molecule has 0 fully saturated rings. The zero-order valence-electron chi connectivity index (χ0n) is 10.0. The lowest BCUT2D eigenvalue weighted by molar-refractivity contribution is 0.516. The number of hydrogen-bond donors (Lipinski definition) is 0. The Morgan fingerprint density at radius 1 is 0.952 bits per heavy atom. The molecule has 2 heterocycles. The Labute approximate surface area is 138 Å². The van der Waals surface area contributed by atoms with Crippen LogP contribution in [0.1, 0.15) is 0 Å². The van der Waals surface area contributed by atoms with Gasteiger partial charge < -0.3 is 4.42 Å². The molecule has 0 aliphatic rings. The molecular weight excluding hydrogens is 358 g/mol. The minimum atomic E-state index is -0.717. The second-order valence-electron chi connectivity index (χ2n) is 4.00. The van der Waals surface area contributed by atoms with Gasteiger partial charge in [-0.3, -0.25) is 4.98 Å². The van der Waals surface area contributed by atoms with Crippen LogP contribution in [0.2, 0.25) is 20.1 Å². The van der Waals surface area contributed by atoms with Crippen LogP contribution in [0.5, 0.6) is 0 Å². The molecule has 0 N–H and O–H groups in total. The number of fused-ring (bicyclic) bond motifs is 1. The van der Waals surface area contributed by atoms with E-state index in [2.05, 4.69) is 9.97 Å². The molecule has 106 valence electrons. The van der Waals surface area contributed by atoms with Gasteiger partial charge in [0, 0.05) is 6.20 Å². The first-order valence-corrected chi connectivity index (χ1v) is 7.10. The molecule has 8 heteroatoms. The molecular formula is C13H4Cl4N2O2. The summed E-state index contributed by atoms with van der Waals surface area (Å²) in [5.74, 6) is 0.0180. The summed E-state index contributed by atoms with van der Waals surface area (Å²) in [5, 5.41) is -0.0202. The normalized spacial score (nSPS) is 11.0. The lowest BCUT2D eigenvalue weighted by Gasteiger charge is -2.07. The van der Waals surface area contributed by atoms with Crippen LogP contribution in [-0.2, 0) is 0 Å². The van der Waals surface area contributed by atoms with E-state index >= 15 is 0 Å². The van der Waals surface area contributed by atoms with Crippen molar-refractivity contribution in [2.24, 2.45) is 0 Å². The van der Waals surface area contributed by atoms with Crippen LogP contribution in [0.25, 0.3) is 22.5 Å². The van der Waals surface area contributed by atoms with E-state index in [9.17, 15) is 4.79 Å². The fourth-order valence-electron chi connectivity index (χ4n) is 1.77. The number of aromatic nitrogens is 2. The van der Waals surface area contributed by atoms with Gasteiger partial charge in [-0.05, 0) is 12.1 Å². The van der Waals surface area contributed by atoms with Gasteiger partial charge in [0.2, 0.25) is 5.89 Å². The van der Waals surface area contributed by atoms with Gasteiger partial charge >= 0.3 is 5.63 Å². The molecule has 0 spiro atoms. The van der Waals surface area contributed by atoms with Gasteiger partial charge in [0.25, 0.3) is 0 Å². The first kappa shape index (κ1) is 14.6. The van der Waals surface area contributed by atoms with Crippen LogP contribution >= 0.6 is 46.4 Å². The van der Waals surface area contributed by atoms with Gasteiger partial charge in [0.05, 0.1) is 20.1 Å². The summed E-state index contributed by atoms with van der Waals surface area (Å²) >= 11 is 24.0. The van der Waals surface area contributed by atoms with Crippen LogP contribution in [0.3, 0.4) is 0 Å². The minimum Gasteiger partial charge on any atom is -0.401 e. The fraction of sp³-hybridized carbons (Fsp3) is 0. The topological polar surface area (TPSA) is 56.0 Å². The number of nitrogens with zero attached hydrogens (tertiary/aromatic N) is 2. The highest BCUT2D eigenvalue weighted by atomic mass is 35.5. The maximum Gasteiger partial charge on any atom is 0.348 e. The summed E-state index contributed by atoms with van der Waals surface area (Å²) in [4.78, 5) is 20.4. The molecule has 0 radical (unpaired) electrons. The molecule has 0 atom stereocenters. The lowest BCUT2D eigenvalue weighted by atomic mass is 10.2. The van der Waals surface area contributed by atoms with Crippen molar-refractivity contribution in [3.05, 3.63) is 54.9 Å². The largest absolute Gasteiger partial charge is 0.401 e. The van der Waals surface area contributed by atoms with E-state index in [0.29, 0.717) is 5.69 Å². The highest BCUT2D eigenvalue weighted by Gasteiger charge is 2.21. The molecule has 4 nitrogen and oxygen atoms in total. The van der Waals surface area contributed by atoms with E-state index in [0.717, 1.165) is 0 Å². The van der Waals surface area contributed by atoms with E-state index in [1.807, 2.05) is 0 Å². The standard InChI is InChI=1S/C13H4Cl4N2O2/c14-7-6-11(10(17)9(16)8(7)15)19-12(21-13(6)20)5-3-1-2-4-18-5/h1-4H. The van der Waals surface area contributed by atoms with E-state index in [1.54, 1.807) is 24.4 Å². The quantitative estimate of drug-likeness (QED) is 0.458. The Balaban J connectivity index is 2.43.